The smallest absolute Gasteiger partial charge is 0.221 e. The molecule has 2 rings (SSSR count). The van der Waals surface area contributed by atoms with Gasteiger partial charge in [0.2, 0.25) is 5.91 Å². The number of amides is 1. The summed E-state index contributed by atoms with van der Waals surface area (Å²) in [5, 5.41) is 2.83. The fourth-order valence-corrected chi connectivity index (χ4v) is 2.21. The molecule has 1 aliphatic heterocycles. The van der Waals surface area contributed by atoms with E-state index in [9.17, 15) is 9.18 Å². The maximum Gasteiger partial charge on any atom is 0.221 e. The summed E-state index contributed by atoms with van der Waals surface area (Å²) in [6, 6.07) is 6.66. The van der Waals surface area contributed by atoms with E-state index in [1.54, 1.807) is 18.2 Å². The van der Waals surface area contributed by atoms with Gasteiger partial charge < -0.3 is 10.1 Å². The van der Waals surface area contributed by atoms with Crippen molar-refractivity contribution >= 4 is 5.91 Å². The highest BCUT2D eigenvalue weighted by atomic mass is 19.1. The van der Waals surface area contributed by atoms with Gasteiger partial charge in [-0.25, -0.2) is 4.39 Å². The van der Waals surface area contributed by atoms with E-state index >= 15 is 0 Å². The van der Waals surface area contributed by atoms with Gasteiger partial charge in [-0.1, -0.05) is 18.2 Å². The lowest BCUT2D eigenvalue weighted by Crippen LogP contribution is -2.39. The van der Waals surface area contributed by atoms with Gasteiger partial charge >= 0.3 is 0 Å². The van der Waals surface area contributed by atoms with Crippen LogP contribution < -0.4 is 5.32 Å². The Morgan fingerprint density at radius 3 is 2.80 bits per heavy atom. The first kappa shape index (κ1) is 14.9. The van der Waals surface area contributed by atoms with Crippen LogP contribution in [0.5, 0.6) is 0 Å². The van der Waals surface area contributed by atoms with E-state index in [-0.39, 0.29) is 11.7 Å². The highest BCUT2D eigenvalue weighted by Gasteiger charge is 2.11. The Balaban J connectivity index is 1.61. The zero-order valence-electron chi connectivity index (χ0n) is 11.6. The topological polar surface area (TPSA) is 41.6 Å². The van der Waals surface area contributed by atoms with Crippen molar-refractivity contribution in [2.24, 2.45) is 0 Å². The zero-order chi connectivity index (χ0) is 14.2. The number of carbonyl (C=O) groups is 1. The minimum atomic E-state index is -0.213. The minimum Gasteiger partial charge on any atom is -0.379 e. The number of morpholine rings is 1. The van der Waals surface area contributed by atoms with E-state index in [4.69, 9.17) is 4.74 Å². The lowest BCUT2D eigenvalue weighted by molar-refractivity contribution is -0.121. The van der Waals surface area contributed by atoms with Crippen LogP contribution in [0, 0.1) is 5.82 Å². The average molecular weight is 280 g/mol. The molecule has 20 heavy (non-hydrogen) atoms. The number of nitrogens with one attached hydrogen (secondary N) is 1. The number of benzene rings is 1. The lowest BCUT2D eigenvalue weighted by Gasteiger charge is -2.26. The molecule has 1 fully saturated rings. The molecule has 1 N–H and O–H groups in total. The van der Waals surface area contributed by atoms with Crippen molar-refractivity contribution in [3.8, 4) is 0 Å². The number of hydrogen-bond donors (Lipinski definition) is 1. The first-order chi connectivity index (χ1) is 9.75. The summed E-state index contributed by atoms with van der Waals surface area (Å²) in [4.78, 5) is 13.9. The fraction of sp³-hybridized carbons (Fsp3) is 0.533. The van der Waals surface area contributed by atoms with E-state index in [2.05, 4.69) is 10.2 Å². The summed E-state index contributed by atoms with van der Waals surface area (Å²) >= 11 is 0. The molecule has 0 spiro atoms. The summed E-state index contributed by atoms with van der Waals surface area (Å²) in [6.45, 7) is 4.51. The highest BCUT2D eigenvalue weighted by molar-refractivity contribution is 5.76. The Kier molecular flexibility index (Phi) is 5.95. The molecule has 0 atom stereocenters. The molecular formula is C15H21FN2O2. The van der Waals surface area contributed by atoms with Crippen LogP contribution in [0.25, 0.3) is 0 Å². The van der Waals surface area contributed by atoms with Crippen LogP contribution in [0.2, 0.25) is 0 Å². The van der Waals surface area contributed by atoms with Crippen molar-refractivity contribution in [1.82, 2.24) is 10.2 Å². The Hall–Kier alpha value is -1.46. The van der Waals surface area contributed by atoms with Crippen molar-refractivity contribution in [2.75, 3.05) is 39.4 Å². The number of hydrogen-bond acceptors (Lipinski definition) is 3. The standard InChI is InChI=1S/C15H21FN2O2/c16-14-4-2-1-3-13(14)5-7-17-15(19)6-8-18-9-11-20-12-10-18/h1-4H,5-12H2,(H,17,19). The van der Waals surface area contributed by atoms with Gasteiger partial charge in [-0.3, -0.25) is 9.69 Å². The van der Waals surface area contributed by atoms with Crippen molar-refractivity contribution < 1.29 is 13.9 Å². The first-order valence-corrected chi connectivity index (χ1v) is 7.06. The third-order valence-corrected chi connectivity index (χ3v) is 3.43. The van der Waals surface area contributed by atoms with Gasteiger partial charge in [0.1, 0.15) is 5.82 Å². The predicted octanol–water partition coefficient (Wildman–Crippen LogP) is 1.21. The normalized spacial score (nSPS) is 16.1. The molecule has 0 saturated carbocycles. The molecule has 5 heteroatoms. The van der Waals surface area contributed by atoms with E-state index in [0.29, 0.717) is 24.9 Å². The number of nitrogens with zero attached hydrogens (tertiary/aromatic N) is 1. The van der Waals surface area contributed by atoms with Gasteiger partial charge in [0.25, 0.3) is 0 Å². The number of ether oxygens (including phenoxy) is 1. The van der Waals surface area contributed by atoms with Gasteiger partial charge in [-0.2, -0.15) is 0 Å². The van der Waals surface area contributed by atoms with Gasteiger partial charge in [-0.15, -0.1) is 0 Å². The lowest BCUT2D eigenvalue weighted by atomic mass is 10.1. The first-order valence-electron chi connectivity index (χ1n) is 7.06. The van der Waals surface area contributed by atoms with Crippen LogP contribution in [0.3, 0.4) is 0 Å². The van der Waals surface area contributed by atoms with Gasteiger partial charge in [-0.05, 0) is 18.1 Å². The maximum atomic E-state index is 13.4. The molecule has 1 aromatic carbocycles. The molecule has 1 amide bonds. The van der Waals surface area contributed by atoms with E-state index in [0.717, 1.165) is 32.8 Å². The number of rotatable bonds is 6. The van der Waals surface area contributed by atoms with Crippen LogP contribution in [0.4, 0.5) is 4.39 Å². The SMILES string of the molecule is O=C(CCN1CCOCC1)NCCc1ccccc1F. The van der Waals surface area contributed by atoms with Crippen LogP contribution in [0.15, 0.2) is 24.3 Å². The van der Waals surface area contributed by atoms with E-state index in [1.807, 2.05) is 0 Å². The number of halogens is 1. The Bertz CT molecular complexity index is 434. The van der Waals surface area contributed by atoms with Crippen LogP contribution in [0.1, 0.15) is 12.0 Å². The second-order valence-electron chi connectivity index (χ2n) is 4.90. The highest BCUT2D eigenvalue weighted by Crippen LogP contribution is 2.06. The average Bonchev–Trinajstić information content (AvgIpc) is 2.48. The maximum absolute atomic E-state index is 13.4. The summed E-state index contributed by atoms with van der Waals surface area (Å²) in [7, 11) is 0. The zero-order valence-corrected chi connectivity index (χ0v) is 11.6. The molecule has 0 radical (unpaired) electrons. The van der Waals surface area contributed by atoms with Crippen molar-refractivity contribution in [3.63, 3.8) is 0 Å². The summed E-state index contributed by atoms with van der Waals surface area (Å²) < 4.78 is 18.6. The fourth-order valence-electron chi connectivity index (χ4n) is 2.21. The van der Waals surface area contributed by atoms with Gasteiger partial charge in [0, 0.05) is 32.6 Å². The third kappa shape index (κ3) is 4.90. The Labute approximate surface area is 118 Å². The molecule has 1 aromatic rings. The van der Waals surface area contributed by atoms with Crippen molar-refractivity contribution in [1.29, 1.82) is 0 Å². The largest absolute Gasteiger partial charge is 0.379 e. The van der Waals surface area contributed by atoms with E-state index in [1.165, 1.54) is 6.07 Å². The van der Waals surface area contributed by atoms with E-state index < -0.39 is 0 Å². The molecule has 0 bridgehead atoms. The molecule has 1 saturated heterocycles. The predicted molar refractivity (Wildman–Crippen MR) is 75.0 cm³/mol. The second-order valence-corrected chi connectivity index (χ2v) is 4.90. The number of carbonyl (C=O) groups excluding carboxylic acids is 1. The Morgan fingerprint density at radius 2 is 2.05 bits per heavy atom. The van der Waals surface area contributed by atoms with Crippen molar-refractivity contribution in [3.05, 3.63) is 35.6 Å². The summed E-state index contributed by atoms with van der Waals surface area (Å²) in [5.41, 5.74) is 0.640. The molecule has 1 heterocycles. The van der Waals surface area contributed by atoms with Crippen LogP contribution >= 0.6 is 0 Å². The monoisotopic (exact) mass is 280 g/mol. The van der Waals surface area contributed by atoms with Crippen LogP contribution in [-0.2, 0) is 16.0 Å². The molecule has 0 aliphatic carbocycles. The molecule has 0 unspecified atom stereocenters. The van der Waals surface area contributed by atoms with Crippen LogP contribution in [-0.4, -0.2) is 50.2 Å². The molecule has 4 nitrogen and oxygen atoms in total. The van der Waals surface area contributed by atoms with Gasteiger partial charge in [0.15, 0.2) is 0 Å². The molecule has 1 aliphatic rings. The third-order valence-electron chi connectivity index (χ3n) is 3.43. The quantitative estimate of drug-likeness (QED) is 0.851. The molecule has 0 aromatic heterocycles. The summed E-state index contributed by atoms with van der Waals surface area (Å²) in [6.07, 6.45) is 1.01. The van der Waals surface area contributed by atoms with Crippen molar-refractivity contribution in [2.45, 2.75) is 12.8 Å². The minimum absolute atomic E-state index is 0.0211. The second kappa shape index (κ2) is 7.97. The molecule has 110 valence electrons. The molecular weight excluding hydrogens is 259 g/mol. The Morgan fingerprint density at radius 1 is 1.30 bits per heavy atom. The summed E-state index contributed by atoms with van der Waals surface area (Å²) in [5.74, 6) is -0.192. The van der Waals surface area contributed by atoms with Gasteiger partial charge in [0.05, 0.1) is 13.2 Å².